The fraction of sp³-hybridized carbons (Fsp3) is 0.214. The third kappa shape index (κ3) is 1.71. The van der Waals surface area contributed by atoms with Gasteiger partial charge in [-0.05, 0) is 6.07 Å². The van der Waals surface area contributed by atoms with Crippen molar-refractivity contribution in [1.29, 1.82) is 0 Å². The molecular formula is C14H15N3O. The van der Waals surface area contributed by atoms with Gasteiger partial charge in [-0.1, -0.05) is 18.2 Å². The van der Waals surface area contributed by atoms with Crippen molar-refractivity contribution in [3.63, 3.8) is 0 Å². The first-order valence-electron chi connectivity index (χ1n) is 5.98. The molecular weight excluding hydrogens is 226 g/mol. The van der Waals surface area contributed by atoms with E-state index in [0.29, 0.717) is 18.9 Å². The molecule has 0 aliphatic rings. The summed E-state index contributed by atoms with van der Waals surface area (Å²) < 4.78 is 7.52. The van der Waals surface area contributed by atoms with Crippen LogP contribution in [0.2, 0.25) is 0 Å². The Morgan fingerprint density at radius 3 is 3.00 bits per heavy atom. The van der Waals surface area contributed by atoms with Crippen molar-refractivity contribution in [1.82, 2.24) is 9.55 Å². The van der Waals surface area contributed by atoms with Crippen molar-refractivity contribution >= 4 is 10.9 Å². The molecule has 0 fully saturated rings. The molecule has 3 rings (SSSR count). The van der Waals surface area contributed by atoms with E-state index in [0.717, 1.165) is 11.3 Å². The minimum atomic E-state index is 0.551. The fourth-order valence-corrected chi connectivity index (χ4v) is 2.22. The number of benzene rings is 1. The van der Waals surface area contributed by atoms with E-state index >= 15 is 0 Å². The molecule has 2 N–H and O–H groups in total. The summed E-state index contributed by atoms with van der Waals surface area (Å²) in [7, 11) is 2.03. The Bertz CT molecular complexity index is 681. The van der Waals surface area contributed by atoms with Crippen LogP contribution in [0.25, 0.3) is 22.2 Å². The van der Waals surface area contributed by atoms with Crippen LogP contribution in [0.4, 0.5) is 0 Å². The van der Waals surface area contributed by atoms with Gasteiger partial charge in [0.2, 0.25) is 0 Å². The lowest BCUT2D eigenvalue weighted by Gasteiger charge is -1.93. The molecule has 0 radical (unpaired) electrons. The summed E-state index contributed by atoms with van der Waals surface area (Å²) in [5.74, 6) is 0.695. The highest BCUT2D eigenvalue weighted by atomic mass is 16.3. The van der Waals surface area contributed by atoms with E-state index in [2.05, 4.69) is 27.9 Å². The molecule has 0 aliphatic carbocycles. The minimum Gasteiger partial charge on any atom is -0.448 e. The molecule has 0 atom stereocenters. The molecule has 1 aromatic carbocycles. The summed E-state index contributed by atoms with van der Waals surface area (Å²) in [6.07, 6.45) is 4.45. The lowest BCUT2D eigenvalue weighted by molar-refractivity contribution is 0.496. The summed E-state index contributed by atoms with van der Waals surface area (Å²) in [6.45, 7) is 0.551. The van der Waals surface area contributed by atoms with Crippen LogP contribution in [0.3, 0.4) is 0 Å². The van der Waals surface area contributed by atoms with Gasteiger partial charge in [-0.25, -0.2) is 4.98 Å². The maximum Gasteiger partial charge on any atom is 0.195 e. The Kier molecular flexibility index (Phi) is 2.64. The molecule has 0 saturated heterocycles. The monoisotopic (exact) mass is 241 g/mol. The topological polar surface area (TPSA) is 57.0 Å². The van der Waals surface area contributed by atoms with Crippen LogP contribution in [-0.2, 0) is 13.5 Å². The second-order valence-corrected chi connectivity index (χ2v) is 4.34. The Morgan fingerprint density at radius 2 is 2.17 bits per heavy atom. The third-order valence-corrected chi connectivity index (χ3v) is 3.08. The van der Waals surface area contributed by atoms with Crippen LogP contribution in [0.15, 0.2) is 41.1 Å². The van der Waals surface area contributed by atoms with Gasteiger partial charge in [0.05, 0.1) is 0 Å². The van der Waals surface area contributed by atoms with Crippen LogP contribution in [0, 0.1) is 0 Å². The van der Waals surface area contributed by atoms with Gasteiger partial charge in [-0.15, -0.1) is 0 Å². The Hall–Kier alpha value is -2.07. The maximum atomic E-state index is 5.50. The number of aromatic nitrogens is 2. The number of nitrogens with two attached hydrogens (primary N) is 1. The van der Waals surface area contributed by atoms with Crippen LogP contribution in [0.5, 0.6) is 0 Å². The Morgan fingerprint density at radius 1 is 1.33 bits per heavy atom. The molecule has 92 valence electrons. The van der Waals surface area contributed by atoms with Gasteiger partial charge in [0, 0.05) is 42.7 Å². The van der Waals surface area contributed by atoms with Gasteiger partial charge in [-0.3, -0.25) is 0 Å². The predicted octanol–water partition coefficient (Wildman–Crippen LogP) is 2.33. The van der Waals surface area contributed by atoms with Gasteiger partial charge < -0.3 is 14.7 Å². The van der Waals surface area contributed by atoms with E-state index in [9.17, 15) is 0 Å². The largest absolute Gasteiger partial charge is 0.448 e. The number of aryl methyl sites for hydroxylation is 1. The van der Waals surface area contributed by atoms with Crippen molar-refractivity contribution in [3.8, 4) is 11.3 Å². The first kappa shape index (κ1) is 11.0. The average molecular weight is 241 g/mol. The number of nitrogens with zero attached hydrogens (tertiary/aromatic N) is 2. The summed E-state index contributed by atoms with van der Waals surface area (Å²) in [6, 6.07) is 8.27. The molecule has 0 bridgehead atoms. The molecule has 0 amide bonds. The van der Waals surface area contributed by atoms with Gasteiger partial charge in [-0.2, -0.15) is 0 Å². The SMILES string of the molecule is Cn1cc(-c2coc(CCN)n2)c2ccccc21. The van der Waals surface area contributed by atoms with Crippen LogP contribution < -0.4 is 5.73 Å². The zero-order valence-electron chi connectivity index (χ0n) is 10.3. The number of para-hydroxylation sites is 1. The van der Waals surface area contributed by atoms with Crippen LogP contribution >= 0.6 is 0 Å². The number of hydrogen-bond acceptors (Lipinski definition) is 3. The van der Waals surface area contributed by atoms with Crippen molar-refractivity contribution in [3.05, 3.63) is 42.6 Å². The molecule has 0 unspecified atom stereocenters. The molecule has 0 aliphatic heterocycles. The fourth-order valence-electron chi connectivity index (χ4n) is 2.22. The smallest absolute Gasteiger partial charge is 0.195 e. The third-order valence-electron chi connectivity index (χ3n) is 3.08. The number of fused-ring (bicyclic) bond motifs is 1. The second kappa shape index (κ2) is 4.31. The van der Waals surface area contributed by atoms with E-state index in [-0.39, 0.29) is 0 Å². The summed E-state index contributed by atoms with van der Waals surface area (Å²) in [4.78, 5) is 4.47. The van der Waals surface area contributed by atoms with E-state index in [1.54, 1.807) is 6.26 Å². The minimum absolute atomic E-state index is 0.551. The lowest BCUT2D eigenvalue weighted by atomic mass is 10.1. The van der Waals surface area contributed by atoms with Gasteiger partial charge in [0.1, 0.15) is 12.0 Å². The zero-order valence-corrected chi connectivity index (χ0v) is 10.3. The number of rotatable bonds is 3. The first-order chi connectivity index (χ1) is 8.79. The standard InChI is InChI=1S/C14H15N3O/c1-17-8-11(10-4-2-3-5-13(10)17)12-9-18-14(16-12)6-7-15/h2-5,8-9H,6-7,15H2,1H3. The normalized spacial score (nSPS) is 11.2. The highest BCUT2D eigenvalue weighted by molar-refractivity contribution is 5.94. The molecule has 0 saturated carbocycles. The molecule has 0 spiro atoms. The molecule has 2 heterocycles. The van der Waals surface area contributed by atoms with Crippen LogP contribution in [0.1, 0.15) is 5.89 Å². The predicted molar refractivity (Wildman–Crippen MR) is 71.2 cm³/mol. The van der Waals surface area contributed by atoms with Gasteiger partial charge >= 0.3 is 0 Å². The molecule has 2 aromatic heterocycles. The van der Waals surface area contributed by atoms with E-state index in [1.165, 1.54) is 10.9 Å². The van der Waals surface area contributed by atoms with E-state index < -0.39 is 0 Å². The lowest BCUT2D eigenvalue weighted by Crippen LogP contribution is -2.02. The molecule has 3 aromatic rings. The van der Waals surface area contributed by atoms with Crippen molar-refractivity contribution in [2.75, 3.05) is 6.54 Å². The Labute approximate surface area is 105 Å². The van der Waals surface area contributed by atoms with Crippen molar-refractivity contribution in [2.45, 2.75) is 6.42 Å². The summed E-state index contributed by atoms with van der Waals surface area (Å²) >= 11 is 0. The molecule has 18 heavy (non-hydrogen) atoms. The Balaban J connectivity index is 2.13. The second-order valence-electron chi connectivity index (χ2n) is 4.34. The average Bonchev–Trinajstić information content (AvgIpc) is 2.96. The van der Waals surface area contributed by atoms with E-state index in [1.807, 2.05) is 19.2 Å². The van der Waals surface area contributed by atoms with Gasteiger partial charge in [0.15, 0.2) is 5.89 Å². The summed E-state index contributed by atoms with van der Waals surface area (Å²) in [5, 5.41) is 1.19. The summed E-state index contributed by atoms with van der Waals surface area (Å²) in [5.41, 5.74) is 8.66. The van der Waals surface area contributed by atoms with Crippen LogP contribution in [-0.4, -0.2) is 16.1 Å². The highest BCUT2D eigenvalue weighted by Crippen LogP contribution is 2.29. The number of hydrogen-bond donors (Lipinski definition) is 1. The zero-order chi connectivity index (χ0) is 12.5. The van der Waals surface area contributed by atoms with E-state index in [4.69, 9.17) is 10.2 Å². The molecule has 4 nitrogen and oxygen atoms in total. The quantitative estimate of drug-likeness (QED) is 0.765. The van der Waals surface area contributed by atoms with Gasteiger partial charge in [0.25, 0.3) is 0 Å². The first-order valence-corrected chi connectivity index (χ1v) is 5.98. The van der Waals surface area contributed by atoms with Crippen molar-refractivity contribution in [2.24, 2.45) is 12.8 Å². The maximum absolute atomic E-state index is 5.50. The highest BCUT2D eigenvalue weighted by Gasteiger charge is 2.12. The number of oxazole rings is 1. The molecule has 4 heteroatoms. The van der Waals surface area contributed by atoms with Crippen molar-refractivity contribution < 1.29 is 4.42 Å².